The average Bonchev–Trinajstić information content (AvgIpc) is 2.70. The number of nitrogens with one attached hydrogen (secondary N) is 2. The standard InChI is InChI=1S/C23H33N3O3/c1-17(2)23(13-11-21(27)26-22(24)25)12-10-19(18-8-5-4-6-9-18)20(16-23)29-15-7-14-28-3/h4-6,8-10,12,17H,7,11,13-16H2,1-3H3,(H4,24,25,26,27). The summed E-state index contributed by atoms with van der Waals surface area (Å²) in [6, 6.07) is 10.2. The lowest BCUT2D eigenvalue weighted by Crippen LogP contribution is -2.37. The van der Waals surface area contributed by atoms with E-state index in [1.165, 1.54) is 0 Å². The highest BCUT2D eigenvalue weighted by atomic mass is 16.5. The summed E-state index contributed by atoms with van der Waals surface area (Å²) in [5.74, 6) is 0.724. The van der Waals surface area contributed by atoms with Crippen molar-refractivity contribution in [1.29, 1.82) is 5.41 Å². The Balaban J connectivity index is 2.24. The van der Waals surface area contributed by atoms with Crippen LogP contribution in [0.25, 0.3) is 5.57 Å². The number of amides is 1. The molecule has 29 heavy (non-hydrogen) atoms. The minimum absolute atomic E-state index is 0.191. The highest BCUT2D eigenvalue weighted by Gasteiger charge is 2.36. The van der Waals surface area contributed by atoms with Gasteiger partial charge in [0, 0.05) is 38.6 Å². The highest BCUT2D eigenvalue weighted by molar-refractivity contribution is 5.94. The Morgan fingerprint density at radius 1 is 1.28 bits per heavy atom. The van der Waals surface area contributed by atoms with Crippen LogP contribution in [0.5, 0.6) is 0 Å². The Labute approximate surface area is 173 Å². The van der Waals surface area contributed by atoms with Gasteiger partial charge >= 0.3 is 0 Å². The number of allylic oxidation sites excluding steroid dienone is 4. The van der Waals surface area contributed by atoms with Gasteiger partial charge in [-0.15, -0.1) is 0 Å². The third-order valence-corrected chi connectivity index (χ3v) is 5.47. The van der Waals surface area contributed by atoms with Crippen LogP contribution in [0.3, 0.4) is 0 Å². The largest absolute Gasteiger partial charge is 0.497 e. The number of ether oxygens (including phenoxy) is 2. The van der Waals surface area contributed by atoms with E-state index in [1.54, 1.807) is 7.11 Å². The Morgan fingerprint density at radius 2 is 2.00 bits per heavy atom. The fraction of sp³-hybridized carbons (Fsp3) is 0.478. The number of methoxy groups -OCH3 is 1. The summed E-state index contributed by atoms with van der Waals surface area (Å²) < 4.78 is 11.4. The lowest BCUT2D eigenvalue weighted by atomic mass is 9.67. The summed E-state index contributed by atoms with van der Waals surface area (Å²) in [4.78, 5) is 12.1. The molecule has 0 aromatic heterocycles. The number of hydrogen-bond donors (Lipinski definition) is 3. The molecule has 1 amide bonds. The first-order valence-electron chi connectivity index (χ1n) is 10.1. The van der Waals surface area contributed by atoms with E-state index in [4.69, 9.17) is 20.6 Å². The summed E-state index contributed by atoms with van der Waals surface area (Å²) in [7, 11) is 1.69. The van der Waals surface area contributed by atoms with Crippen LogP contribution in [0.1, 0.15) is 45.1 Å². The van der Waals surface area contributed by atoms with E-state index < -0.39 is 0 Å². The molecule has 1 aromatic carbocycles. The lowest BCUT2D eigenvalue weighted by Gasteiger charge is -2.38. The van der Waals surface area contributed by atoms with Crippen molar-refractivity contribution in [2.45, 2.75) is 39.5 Å². The smallest absolute Gasteiger partial charge is 0.226 e. The predicted molar refractivity (Wildman–Crippen MR) is 116 cm³/mol. The summed E-state index contributed by atoms with van der Waals surface area (Å²) in [5, 5.41) is 9.61. The van der Waals surface area contributed by atoms with Gasteiger partial charge in [0.2, 0.25) is 5.91 Å². The molecule has 0 heterocycles. The van der Waals surface area contributed by atoms with E-state index in [0.29, 0.717) is 32.0 Å². The number of rotatable bonds is 10. The van der Waals surface area contributed by atoms with Gasteiger partial charge < -0.3 is 15.2 Å². The molecule has 1 unspecified atom stereocenters. The van der Waals surface area contributed by atoms with Crippen molar-refractivity contribution in [2.75, 3.05) is 20.3 Å². The summed E-state index contributed by atoms with van der Waals surface area (Å²) in [6.45, 7) is 5.59. The first-order valence-corrected chi connectivity index (χ1v) is 10.1. The van der Waals surface area contributed by atoms with Gasteiger partial charge in [-0.3, -0.25) is 15.5 Å². The van der Waals surface area contributed by atoms with Crippen LogP contribution in [0.15, 0.2) is 48.2 Å². The number of hydrogen-bond acceptors (Lipinski definition) is 4. The molecule has 2 rings (SSSR count). The molecule has 6 heteroatoms. The van der Waals surface area contributed by atoms with Crippen LogP contribution < -0.4 is 11.1 Å². The quantitative estimate of drug-likeness (QED) is 0.316. The molecular formula is C23H33N3O3. The minimum atomic E-state index is -0.318. The SMILES string of the molecule is COCCCOC1=C(c2ccccc2)C=CC(CCC(=O)NC(=N)N)(C(C)C)C1. The fourth-order valence-corrected chi connectivity index (χ4v) is 3.61. The van der Waals surface area contributed by atoms with Gasteiger partial charge in [0.15, 0.2) is 5.96 Å². The maximum Gasteiger partial charge on any atom is 0.226 e. The molecule has 1 aliphatic rings. The zero-order chi connectivity index (χ0) is 21.3. The average molecular weight is 400 g/mol. The van der Waals surface area contributed by atoms with Gasteiger partial charge in [-0.05, 0) is 23.3 Å². The minimum Gasteiger partial charge on any atom is -0.497 e. The van der Waals surface area contributed by atoms with Gasteiger partial charge in [-0.25, -0.2) is 0 Å². The van der Waals surface area contributed by atoms with Crippen molar-refractivity contribution in [3.05, 3.63) is 53.8 Å². The molecule has 4 N–H and O–H groups in total. The van der Waals surface area contributed by atoms with E-state index in [0.717, 1.165) is 29.7 Å². The molecule has 1 aliphatic carbocycles. The third-order valence-electron chi connectivity index (χ3n) is 5.47. The first kappa shape index (κ1) is 22.7. The predicted octanol–water partition coefficient (Wildman–Crippen LogP) is 3.84. The van der Waals surface area contributed by atoms with E-state index in [9.17, 15) is 4.79 Å². The number of carbonyl (C=O) groups excluding carboxylic acids is 1. The van der Waals surface area contributed by atoms with Gasteiger partial charge in [-0.2, -0.15) is 0 Å². The van der Waals surface area contributed by atoms with Crippen molar-refractivity contribution in [3.63, 3.8) is 0 Å². The lowest BCUT2D eigenvalue weighted by molar-refractivity contribution is -0.120. The Bertz CT molecular complexity index is 756. The van der Waals surface area contributed by atoms with Crippen molar-refractivity contribution < 1.29 is 14.3 Å². The molecule has 0 aliphatic heterocycles. The second-order valence-electron chi connectivity index (χ2n) is 7.76. The molecule has 0 spiro atoms. The Kier molecular flexibility index (Phi) is 8.46. The summed E-state index contributed by atoms with van der Waals surface area (Å²) in [6.07, 6.45) is 6.87. The van der Waals surface area contributed by atoms with Gasteiger partial charge in [0.1, 0.15) is 5.76 Å². The topological polar surface area (TPSA) is 97.4 Å². The van der Waals surface area contributed by atoms with E-state index in [2.05, 4.69) is 43.4 Å². The van der Waals surface area contributed by atoms with Crippen LogP contribution in [0, 0.1) is 16.7 Å². The summed E-state index contributed by atoms with van der Waals surface area (Å²) >= 11 is 0. The van der Waals surface area contributed by atoms with Crippen molar-refractivity contribution in [2.24, 2.45) is 17.1 Å². The number of nitrogens with two attached hydrogens (primary N) is 1. The van der Waals surface area contributed by atoms with E-state index >= 15 is 0 Å². The molecule has 0 saturated heterocycles. The molecule has 158 valence electrons. The van der Waals surface area contributed by atoms with Crippen molar-refractivity contribution in [1.82, 2.24) is 5.32 Å². The summed E-state index contributed by atoms with van der Waals surface area (Å²) in [5.41, 5.74) is 7.30. The monoisotopic (exact) mass is 399 g/mol. The third kappa shape index (κ3) is 6.46. The van der Waals surface area contributed by atoms with E-state index in [-0.39, 0.29) is 17.3 Å². The Hall–Kier alpha value is -2.60. The maximum absolute atomic E-state index is 12.1. The normalized spacial score (nSPS) is 18.8. The van der Waals surface area contributed by atoms with Crippen LogP contribution in [0.2, 0.25) is 0 Å². The van der Waals surface area contributed by atoms with Crippen LogP contribution in [0.4, 0.5) is 0 Å². The van der Waals surface area contributed by atoms with Gasteiger partial charge in [0.05, 0.1) is 6.61 Å². The maximum atomic E-state index is 12.1. The van der Waals surface area contributed by atoms with Crippen molar-refractivity contribution >= 4 is 17.4 Å². The molecule has 0 fully saturated rings. The molecular weight excluding hydrogens is 366 g/mol. The highest BCUT2D eigenvalue weighted by Crippen LogP contribution is 2.46. The van der Waals surface area contributed by atoms with Crippen LogP contribution in [-0.2, 0) is 14.3 Å². The second kappa shape index (κ2) is 10.8. The number of benzene rings is 1. The van der Waals surface area contributed by atoms with Gasteiger partial charge in [0.25, 0.3) is 0 Å². The zero-order valence-electron chi connectivity index (χ0n) is 17.7. The van der Waals surface area contributed by atoms with Gasteiger partial charge in [-0.1, -0.05) is 56.3 Å². The molecule has 1 atom stereocenters. The van der Waals surface area contributed by atoms with Crippen LogP contribution >= 0.6 is 0 Å². The Morgan fingerprint density at radius 3 is 2.62 bits per heavy atom. The zero-order valence-corrected chi connectivity index (χ0v) is 17.7. The molecule has 0 saturated carbocycles. The van der Waals surface area contributed by atoms with Crippen molar-refractivity contribution in [3.8, 4) is 0 Å². The molecule has 0 bridgehead atoms. The molecule has 6 nitrogen and oxygen atoms in total. The fourth-order valence-electron chi connectivity index (χ4n) is 3.61. The molecule has 1 aromatic rings. The number of guanidine groups is 1. The second-order valence-corrected chi connectivity index (χ2v) is 7.76. The first-order chi connectivity index (χ1) is 13.9. The number of carbonyl (C=O) groups is 1. The molecule has 0 radical (unpaired) electrons. The van der Waals surface area contributed by atoms with Crippen LogP contribution in [-0.4, -0.2) is 32.2 Å². The van der Waals surface area contributed by atoms with E-state index in [1.807, 2.05) is 18.2 Å².